The topological polar surface area (TPSA) is 64.2 Å². The van der Waals surface area contributed by atoms with E-state index >= 15 is 0 Å². The zero-order valence-corrected chi connectivity index (χ0v) is 13.1. The molecule has 0 aromatic carbocycles. The van der Waals surface area contributed by atoms with Gasteiger partial charge in [-0.15, -0.1) is 0 Å². The molecule has 1 heterocycles. The molecule has 0 spiro atoms. The van der Waals surface area contributed by atoms with Gasteiger partial charge in [0.15, 0.2) is 0 Å². The second-order valence-corrected chi connectivity index (χ2v) is 6.17. The molecule has 1 aliphatic carbocycles. The second-order valence-electron chi connectivity index (χ2n) is 5.79. The van der Waals surface area contributed by atoms with Crippen molar-refractivity contribution in [1.29, 1.82) is 0 Å². The molecule has 1 saturated carbocycles. The average Bonchev–Trinajstić information content (AvgIpc) is 2.89. The van der Waals surface area contributed by atoms with Crippen LogP contribution in [0.15, 0.2) is 11.0 Å². The number of rotatable bonds is 4. The third-order valence-corrected chi connectivity index (χ3v) is 4.57. The molecule has 1 aliphatic rings. The Morgan fingerprint density at radius 3 is 2.85 bits per heavy atom. The molecule has 2 N–H and O–H groups in total. The molecule has 0 amide bonds. The lowest BCUT2D eigenvalue weighted by Crippen LogP contribution is -2.39. The first-order chi connectivity index (χ1) is 9.47. The van der Waals surface area contributed by atoms with Crippen LogP contribution in [-0.4, -0.2) is 29.4 Å². The summed E-state index contributed by atoms with van der Waals surface area (Å²) in [5.74, 6) is 0.462. The lowest BCUT2D eigenvalue weighted by Gasteiger charge is -2.31. The maximum Gasteiger partial charge on any atom is 0.287 e. The van der Waals surface area contributed by atoms with Gasteiger partial charge in [0.1, 0.15) is 5.02 Å². The van der Waals surface area contributed by atoms with Crippen LogP contribution in [0.25, 0.3) is 0 Å². The van der Waals surface area contributed by atoms with Gasteiger partial charge in [-0.3, -0.25) is 4.79 Å². The number of nitrogens with two attached hydrogens (primary N) is 1. The molecule has 5 nitrogen and oxygen atoms in total. The Morgan fingerprint density at radius 1 is 1.55 bits per heavy atom. The van der Waals surface area contributed by atoms with Crippen LogP contribution < -0.4 is 16.2 Å². The fourth-order valence-corrected chi connectivity index (χ4v) is 3.30. The van der Waals surface area contributed by atoms with Gasteiger partial charge in [0.05, 0.1) is 17.9 Å². The number of nitrogens with zero attached hydrogens (tertiary/aromatic N) is 3. The third-order valence-electron chi connectivity index (χ3n) is 4.21. The van der Waals surface area contributed by atoms with E-state index in [0.29, 0.717) is 24.2 Å². The number of aromatic nitrogens is 2. The average molecular weight is 299 g/mol. The third kappa shape index (κ3) is 2.69. The van der Waals surface area contributed by atoms with Crippen LogP contribution in [0.4, 0.5) is 5.69 Å². The predicted octanol–water partition coefficient (Wildman–Crippen LogP) is 2.04. The summed E-state index contributed by atoms with van der Waals surface area (Å²) in [4.78, 5) is 14.3. The van der Waals surface area contributed by atoms with Gasteiger partial charge in [0, 0.05) is 13.1 Å². The van der Waals surface area contributed by atoms with Crippen LogP contribution in [0, 0.1) is 5.92 Å². The molecule has 2 rings (SSSR count). The summed E-state index contributed by atoms with van der Waals surface area (Å²) in [5.41, 5.74) is 6.31. The van der Waals surface area contributed by atoms with E-state index in [9.17, 15) is 4.79 Å². The van der Waals surface area contributed by atoms with Gasteiger partial charge in [-0.1, -0.05) is 18.0 Å². The molecule has 2 unspecified atom stereocenters. The molecule has 20 heavy (non-hydrogen) atoms. The first-order valence-corrected chi connectivity index (χ1v) is 7.55. The summed E-state index contributed by atoms with van der Waals surface area (Å²) >= 11 is 6.26. The van der Waals surface area contributed by atoms with Crippen molar-refractivity contribution in [3.05, 3.63) is 21.6 Å². The van der Waals surface area contributed by atoms with Crippen LogP contribution in [0.2, 0.25) is 5.02 Å². The first kappa shape index (κ1) is 15.3. The molecule has 0 saturated heterocycles. The van der Waals surface area contributed by atoms with Crippen LogP contribution in [0.5, 0.6) is 0 Å². The standard InChI is InChI=1S/C14H23ClN4O/c1-9(2)19-14(20)13(15)12(8-17-19)18(3)11-6-4-5-10(11)7-16/h8-11H,4-7,16H2,1-3H3. The molecule has 6 heteroatoms. The smallest absolute Gasteiger partial charge is 0.287 e. The normalized spacial score (nSPS) is 22.5. The highest BCUT2D eigenvalue weighted by Crippen LogP contribution is 2.33. The minimum atomic E-state index is -0.228. The fourth-order valence-electron chi connectivity index (χ4n) is 3.03. The van der Waals surface area contributed by atoms with Gasteiger partial charge >= 0.3 is 0 Å². The maximum absolute atomic E-state index is 12.2. The highest BCUT2D eigenvalue weighted by Gasteiger charge is 2.31. The van der Waals surface area contributed by atoms with Gasteiger partial charge < -0.3 is 10.6 Å². The van der Waals surface area contributed by atoms with Crippen molar-refractivity contribution in [2.45, 2.75) is 45.2 Å². The van der Waals surface area contributed by atoms with Crippen LogP contribution in [-0.2, 0) is 0 Å². The molecule has 0 aliphatic heterocycles. The van der Waals surface area contributed by atoms with Gasteiger partial charge in [-0.25, -0.2) is 4.68 Å². The Balaban J connectivity index is 2.33. The molecule has 1 fully saturated rings. The summed E-state index contributed by atoms with van der Waals surface area (Å²) in [6.45, 7) is 4.49. The Kier molecular flexibility index (Phi) is 4.70. The first-order valence-electron chi connectivity index (χ1n) is 7.17. The van der Waals surface area contributed by atoms with Crippen molar-refractivity contribution in [2.75, 3.05) is 18.5 Å². The van der Waals surface area contributed by atoms with Gasteiger partial charge in [0.25, 0.3) is 5.56 Å². The van der Waals surface area contributed by atoms with E-state index in [1.165, 1.54) is 11.1 Å². The Hall–Kier alpha value is -1.07. The van der Waals surface area contributed by atoms with E-state index in [1.807, 2.05) is 20.9 Å². The molecular weight excluding hydrogens is 276 g/mol. The quantitative estimate of drug-likeness (QED) is 0.924. The van der Waals surface area contributed by atoms with E-state index in [-0.39, 0.29) is 16.6 Å². The molecule has 112 valence electrons. The second kappa shape index (κ2) is 6.14. The fraction of sp³-hybridized carbons (Fsp3) is 0.714. The van der Waals surface area contributed by atoms with Crippen molar-refractivity contribution in [3.8, 4) is 0 Å². The highest BCUT2D eigenvalue weighted by atomic mass is 35.5. The molecule has 1 aromatic heterocycles. The monoisotopic (exact) mass is 298 g/mol. The van der Waals surface area contributed by atoms with Crippen LogP contribution in [0.3, 0.4) is 0 Å². The Labute approximate surface area is 124 Å². The van der Waals surface area contributed by atoms with Crippen molar-refractivity contribution >= 4 is 17.3 Å². The molecular formula is C14H23ClN4O. The van der Waals surface area contributed by atoms with Gasteiger partial charge in [-0.05, 0) is 39.2 Å². The van der Waals surface area contributed by atoms with E-state index in [0.717, 1.165) is 12.8 Å². The Morgan fingerprint density at radius 2 is 2.25 bits per heavy atom. The molecule has 0 radical (unpaired) electrons. The highest BCUT2D eigenvalue weighted by molar-refractivity contribution is 6.33. The van der Waals surface area contributed by atoms with Crippen LogP contribution >= 0.6 is 11.6 Å². The van der Waals surface area contributed by atoms with Gasteiger partial charge in [0.2, 0.25) is 0 Å². The predicted molar refractivity (Wildman–Crippen MR) is 82.5 cm³/mol. The summed E-state index contributed by atoms with van der Waals surface area (Å²) in [5, 5.41) is 4.48. The van der Waals surface area contributed by atoms with E-state index in [1.54, 1.807) is 6.20 Å². The summed E-state index contributed by atoms with van der Waals surface area (Å²) < 4.78 is 1.41. The van der Waals surface area contributed by atoms with Crippen molar-refractivity contribution in [2.24, 2.45) is 11.7 Å². The SMILES string of the molecule is CC(C)n1ncc(N(C)C2CCCC2CN)c(Cl)c1=O. The van der Waals surface area contributed by atoms with E-state index in [2.05, 4.69) is 10.00 Å². The number of hydrogen-bond acceptors (Lipinski definition) is 4. The zero-order chi connectivity index (χ0) is 14.9. The summed E-state index contributed by atoms with van der Waals surface area (Å²) in [7, 11) is 1.97. The minimum absolute atomic E-state index is 0.00243. The minimum Gasteiger partial charge on any atom is -0.369 e. The lowest BCUT2D eigenvalue weighted by molar-refractivity contribution is 0.469. The van der Waals surface area contributed by atoms with Gasteiger partial charge in [-0.2, -0.15) is 5.10 Å². The Bertz CT molecular complexity index is 528. The largest absolute Gasteiger partial charge is 0.369 e. The van der Waals surface area contributed by atoms with Crippen molar-refractivity contribution in [3.63, 3.8) is 0 Å². The number of hydrogen-bond donors (Lipinski definition) is 1. The number of anilines is 1. The number of halogens is 1. The zero-order valence-electron chi connectivity index (χ0n) is 12.3. The summed E-state index contributed by atoms with van der Waals surface area (Å²) in [6, 6.07) is 0.344. The maximum atomic E-state index is 12.2. The molecule has 0 bridgehead atoms. The van der Waals surface area contributed by atoms with Crippen LogP contribution in [0.1, 0.15) is 39.2 Å². The lowest BCUT2D eigenvalue weighted by atomic mass is 10.0. The summed E-state index contributed by atoms with van der Waals surface area (Å²) in [6.07, 6.45) is 5.09. The molecule has 1 aromatic rings. The van der Waals surface area contributed by atoms with E-state index < -0.39 is 0 Å². The van der Waals surface area contributed by atoms with Crippen molar-refractivity contribution in [1.82, 2.24) is 9.78 Å². The van der Waals surface area contributed by atoms with Crippen molar-refractivity contribution < 1.29 is 0 Å². The van der Waals surface area contributed by atoms with E-state index in [4.69, 9.17) is 17.3 Å². The molecule has 2 atom stereocenters.